The zero-order valence-corrected chi connectivity index (χ0v) is 10.9. The van der Waals surface area contributed by atoms with E-state index in [-0.39, 0.29) is 23.4 Å². The van der Waals surface area contributed by atoms with Gasteiger partial charge in [0, 0.05) is 17.9 Å². The first-order valence-corrected chi connectivity index (χ1v) is 6.77. The predicted octanol–water partition coefficient (Wildman–Crippen LogP) is 3.65. The van der Waals surface area contributed by atoms with E-state index in [1.807, 2.05) is 30.3 Å². The Hall–Kier alpha value is -1.44. The Labute approximate surface area is 108 Å². The molecule has 18 heavy (non-hydrogen) atoms. The van der Waals surface area contributed by atoms with E-state index in [4.69, 9.17) is 0 Å². The first-order chi connectivity index (χ1) is 8.68. The van der Waals surface area contributed by atoms with E-state index in [1.54, 1.807) is 6.92 Å². The number of carbonyl (C=O) groups excluding carboxylic acids is 2. The van der Waals surface area contributed by atoms with Gasteiger partial charge in [-0.1, -0.05) is 43.2 Å². The van der Waals surface area contributed by atoms with Gasteiger partial charge < -0.3 is 0 Å². The van der Waals surface area contributed by atoms with Crippen LogP contribution >= 0.6 is 0 Å². The lowest BCUT2D eigenvalue weighted by Gasteiger charge is -2.29. The molecule has 0 spiro atoms. The third kappa shape index (κ3) is 3.06. The van der Waals surface area contributed by atoms with Crippen molar-refractivity contribution in [2.45, 2.75) is 39.0 Å². The average Bonchev–Trinajstić information content (AvgIpc) is 2.40. The highest BCUT2D eigenvalue weighted by Crippen LogP contribution is 2.33. The summed E-state index contributed by atoms with van der Waals surface area (Å²) in [6.07, 6.45) is 4.77. The minimum absolute atomic E-state index is 0.103. The molecular weight excluding hydrogens is 224 g/mol. The third-order valence-electron chi connectivity index (χ3n) is 3.97. The van der Waals surface area contributed by atoms with Crippen molar-refractivity contribution in [1.29, 1.82) is 0 Å². The highest BCUT2D eigenvalue weighted by atomic mass is 16.1. The van der Waals surface area contributed by atoms with Crippen molar-refractivity contribution in [2.75, 3.05) is 0 Å². The highest BCUT2D eigenvalue weighted by molar-refractivity contribution is 5.96. The number of ketones is 2. The van der Waals surface area contributed by atoms with Crippen LogP contribution in [0.4, 0.5) is 0 Å². The zero-order valence-electron chi connectivity index (χ0n) is 10.9. The summed E-state index contributed by atoms with van der Waals surface area (Å²) in [6.45, 7) is 1.66. The van der Waals surface area contributed by atoms with Crippen molar-refractivity contribution in [2.24, 2.45) is 11.8 Å². The van der Waals surface area contributed by atoms with Gasteiger partial charge in [-0.05, 0) is 25.7 Å². The summed E-state index contributed by atoms with van der Waals surface area (Å²) < 4.78 is 0. The summed E-state index contributed by atoms with van der Waals surface area (Å²) in [4.78, 5) is 23.8. The first kappa shape index (κ1) is 13.0. The Morgan fingerprint density at radius 2 is 1.78 bits per heavy atom. The molecule has 2 unspecified atom stereocenters. The molecule has 0 bridgehead atoms. The van der Waals surface area contributed by atoms with E-state index in [0.717, 1.165) is 31.2 Å². The van der Waals surface area contributed by atoms with E-state index in [2.05, 4.69) is 0 Å². The molecule has 1 fully saturated rings. The zero-order chi connectivity index (χ0) is 13.0. The molecule has 0 amide bonds. The molecule has 1 aromatic rings. The van der Waals surface area contributed by atoms with Crippen LogP contribution in [0.3, 0.4) is 0 Å². The normalized spacial score (nSPS) is 23.6. The molecule has 0 aliphatic heterocycles. The molecule has 96 valence electrons. The van der Waals surface area contributed by atoms with Crippen molar-refractivity contribution in [3.05, 3.63) is 35.9 Å². The van der Waals surface area contributed by atoms with Crippen molar-refractivity contribution < 1.29 is 9.59 Å². The van der Waals surface area contributed by atoms with Gasteiger partial charge in [0.2, 0.25) is 0 Å². The van der Waals surface area contributed by atoms with Crippen LogP contribution in [0.15, 0.2) is 30.3 Å². The van der Waals surface area contributed by atoms with Crippen LogP contribution in [0.5, 0.6) is 0 Å². The minimum atomic E-state index is 0.103. The number of rotatable bonds is 4. The summed E-state index contributed by atoms with van der Waals surface area (Å²) in [5.41, 5.74) is 0.769. The third-order valence-corrected chi connectivity index (χ3v) is 3.97. The maximum Gasteiger partial charge on any atom is 0.163 e. The molecule has 0 heterocycles. The van der Waals surface area contributed by atoms with Crippen LogP contribution in [0, 0.1) is 11.8 Å². The van der Waals surface area contributed by atoms with Gasteiger partial charge in [0.15, 0.2) is 5.78 Å². The molecule has 0 aromatic heterocycles. The Balaban J connectivity index is 2.03. The maximum atomic E-state index is 12.2. The SMILES string of the molecule is CC(=O)C1CCCCC1CC(=O)c1ccccc1. The van der Waals surface area contributed by atoms with Gasteiger partial charge in [-0.15, -0.1) is 0 Å². The maximum absolute atomic E-state index is 12.2. The molecule has 0 N–H and O–H groups in total. The van der Waals surface area contributed by atoms with E-state index in [0.29, 0.717) is 6.42 Å². The van der Waals surface area contributed by atoms with E-state index in [9.17, 15) is 9.59 Å². The summed E-state index contributed by atoms with van der Waals surface area (Å²) in [7, 11) is 0. The monoisotopic (exact) mass is 244 g/mol. The van der Waals surface area contributed by atoms with Gasteiger partial charge >= 0.3 is 0 Å². The van der Waals surface area contributed by atoms with Gasteiger partial charge in [0.05, 0.1) is 0 Å². The molecule has 1 aliphatic carbocycles. The molecule has 1 aromatic carbocycles. The lowest BCUT2D eigenvalue weighted by molar-refractivity contribution is -0.123. The second-order valence-corrected chi connectivity index (χ2v) is 5.26. The van der Waals surface area contributed by atoms with Crippen LogP contribution < -0.4 is 0 Å². The molecule has 1 saturated carbocycles. The molecule has 0 radical (unpaired) electrons. The van der Waals surface area contributed by atoms with Gasteiger partial charge in [-0.3, -0.25) is 9.59 Å². The number of carbonyl (C=O) groups is 2. The molecular formula is C16H20O2. The van der Waals surface area contributed by atoms with E-state index < -0.39 is 0 Å². The summed E-state index contributed by atoms with van der Waals surface area (Å²) in [5, 5.41) is 0. The smallest absolute Gasteiger partial charge is 0.163 e. The van der Waals surface area contributed by atoms with Crippen molar-refractivity contribution in [3.63, 3.8) is 0 Å². The van der Waals surface area contributed by atoms with E-state index >= 15 is 0 Å². The fraction of sp³-hybridized carbons (Fsp3) is 0.500. The Kier molecular flexibility index (Phi) is 4.29. The molecule has 1 aliphatic rings. The lowest BCUT2D eigenvalue weighted by Crippen LogP contribution is -2.27. The second kappa shape index (κ2) is 5.94. The average molecular weight is 244 g/mol. The van der Waals surface area contributed by atoms with Crippen LogP contribution in [-0.2, 0) is 4.79 Å². The van der Waals surface area contributed by atoms with Gasteiger partial charge in [0.1, 0.15) is 5.78 Å². The largest absolute Gasteiger partial charge is 0.300 e. The van der Waals surface area contributed by atoms with Gasteiger partial charge in [-0.2, -0.15) is 0 Å². The predicted molar refractivity (Wildman–Crippen MR) is 71.5 cm³/mol. The number of Topliss-reactive ketones (excluding diaryl/α,β-unsaturated/α-hetero) is 2. The molecule has 2 atom stereocenters. The lowest BCUT2D eigenvalue weighted by atomic mass is 9.74. The van der Waals surface area contributed by atoms with Crippen LogP contribution in [0.25, 0.3) is 0 Å². The fourth-order valence-corrected chi connectivity index (χ4v) is 2.97. The highest BCUT2D eigenvalue weighted by Gasteiger charge is 2.30. The molecule has 0 saturated heterocycles. The van der Waals surface area contributed by atoms with Crippen LogP contribution in [0.1, 0.15) is 49.4 Å². The number of hydrogen-bond donors (Lipinski definition) is 0. The first-order valence-electron chi connectivity index (χ1n) is 6.77. The van der Waals surface area contributed by atoms with Crippen LogP contribution in [0.2, 0.25) is 0 Å². The number of benzene rings is 1. The van der Waals surface area contributed by atoms with Gasteiger partial charge in [-0.25, -0.2) is 0 Å². The molecule has 2 rings (SSSR count). The Bertz CT molecular complexity index is 422. The minimum Gasteiger partial charge on any atom is -0.300 e. The van der Waals surface area contributed by atoms with Crippen molar-refractivity contribution in [1.82, 2.24) is 0 Å². The summed E-state index contributed by atoms with van der Waals surface area (Å²) in [6, 6.07) is 9.39. The Morgan fingerprint density at radius 1 is 1.11 bits per heavy atom. The summed E-state index contributed by atoms with van der Waals surface area (Å²) >= 11 is 0. The molecule has 2 nitrogen and oxygen atoms in total. The van der Waals surface area contributed by atoms with Crippen LogP contribution in [-0.4, -0.2) is 11.6 Å². The Morgan fingerprint density at radius 3 is 2.44 bits per heavy atom. The standard InChI is InChI=1S/C16H20O2/c1-12(17)15-10-6-5-9-14(15)11-16(18)13-7-3-2-4-8-13/h2-4,7-8,14-15H,5-6,9-11H2,1H3. The second-order valence-electron chi connectivity index (χ2n) is 5.26. The summed E-state index contributed by atoms with van der Waals surface area (Å²) in [5.74, 6) is 0.782. The molecule has 2 heteroatoms. The number of hydrogen-bond acceptors (Lipinski definition) is 2. The van der Waals surface area contributed by atoms with Gasteiger partial charge in [0.25, 0.3) is 0 Å². The quantitative estimate of drug-likeness (QED) is 0.757. The van der Waals surface area contributed by atoms with E-state index in [1.165, 1.54) is 0 Å². The topological polar surface area (TPSA) is 34.1 Å². The fourth-order valence-electron chi connectivity index (χ4n) is 2.97. The van der Waals surface area contributed by atoms with Crippen molar-refractivity contribution >= 4 is 11.6 Å². The van der Waals surface area contributed by atoms with Crippen molar-refractivity contribution in [3.8, 4) is 0 Å².